The minimum absolute atomic E-state index is 0.0242. The van der Waals surface area contributed by atoms with Gasteiger partial charge in [-0.1, -0.05) is 29.8 Å². The van der Waals surface area contributed by atoms with Crippen molar-refractivity contribution in [1.82, 2.24) is 9.91 Å². The fourth-order valence-electron chi connectivity index (χ4n) is 2.66. The standard InChI is InChI=1S/C18H20ClN3O2/c19-17-4-2-1-3-15(17)13-21-7-9-22(10-8-21)20-12-14-5-6-16(23)11-18(14)24/h1-6,11-12,23-24H,7-10,13H2/b20-12+. The van der Waals surface area contributed by atoms with Crippen LogP contribution in [0.4, 0.5) is 0 Å². The van der Waals surface area contributed by atoms with E-state index < -0.39 is 0 Å². The van der Waals surface area contributed by atoms with Crippen LogP contribution in [0, 0.1) is 0 Å². The van der Waals surface area contributed by atoms with Crippen LogP contribution in [-0.4, -0.2) is 52.5 Å². The highest BCUT2D eigenvalue weighted by Gasteiger charge is 2.16. The van der Waals surface area contributed by atoms with E-state index in [1.165, 1.54) is 12.1 Å². The molecule has 2 aromatic rings. The van der Waals surface area contributed by atoms with Crippen molar-refractivity contribution in [3.8, 4) is 11.5 Å². The van der Waals surface area contributed by atoms with Crippen molar-refractivity contribution in [2.45, 2.75) is 6.54 Å². The lowest BCUT2D eigenvalue weighted by molar-refractivity contribution is 0.131. The molecule has 1 saturated heterocycles. The maximum Gasteiger partial charge on any atom is 0.128 e. The van der Waals surface area contributed by atoms with Crippen molar-refractivity contribution in [2.24, 2.45) is 5.10 Å². The third kappa shape index (κ3) is 4.19. The summed E-state index contributed by atoms with van der Waals surface area (Å²) in [4.78, 5) is 2.35. The number of rotatable bonds is 4. The van der Waals surface area contributed by atoms with Crippen molar-refractivity contribution in [3.05, 3.63) is 58.6 Å². The maximum absolute atomic E-state index is 9.76. The smallest absolute Gasteiger partial charge is 0.128 e. The van der Waals surface area contributed by atoms with Gasteiger partial charge in [-0.2, -0.15) is 5.10 Å². The summed E-state index contributed by atoms with van der Waals surface area (Å²) in [6.07, 6.45) is 1.62. The van der Waals surface area contributed by atoms with Crippen molar-refractivity contribution in [1.29, 1.82) is 0 Å². The van der Waals surface area contributed by atoms with Gasteiger partial charge < -0.3 is 10.2 Å². The first-order chi connectivity index (χ1) is 11.6. The zero-order valence-electron chi connectivity index (χ0n) is 13.3. The number of piperazine rings is 1. The molecule has 0 saturated carbocycles. The molecule has 0 amide bonds. The molecule has 0 bridgehead atoms. The van der Waals surface area contributed by atoms with E-state index >= 15 is 0 Å². The summed E-state index contributed by atoms with van der Waals surface area (Å²) < 4.78 is 0. The van der Waals surface area contributed by atoms with Crippen LogP contribution in [0.5, 0.6) is 11.5 Å². The second-order valence-corrected chi connectivity index (χ2v) is 6.22. The number of nitrogens with zero attached hydrogens (tertiary/aromatic N) is 3. The molecule has 6 heteroatoms. The Balaban J connectivity index is 1.53. The number of hydrogen-bond acceptors (Lipinski definition) is 5. The van der Waals surface area contributed by atoms with Gasteiger partial charge in [-0.05, 0) is 23.8 Å². The number of phenolic OH excluding ortho intramolecular Hbond substituents is 2. The second kappa shape index (κ2) is 7.55. The van der Waals surface area contributed by atoms with Gasteiger partial charge in [0.1, 0.15) is 11.5 Å². The van der Waals surface area contributed by atoms with Gasteiger partial charge in [-0.25, -0.2) is 0 Å². The molecule has 126 valence electrons. The molecular formula is C18H20ClN3O2. The first-order valence-electron chi connectivity index (χ1n) is 7.88. The van der Waals surface area contributed by atoms with E-state index in [-0.39, 0.29) is 11.5 Å². The van der Waals surface area contributed by atoms with Gasteiger partial charge in [0, 0.05) is 49.4 Å². The molecule has 3 rings (SSSR count). The quantitative estimate of drug-likeness (QED) is 0.836. The summed E-state index contributed by atoms with van der Waals surface area (Å²) in [6.45, 7) is 4.30. The minimum Gasteiger partial charge on any atom is -0.508 e. The van der Waals surface area contributed by atoms with Gasteiger partial charge in [0.05, 0.1) is 6.21 Å². The van der Waals surface area contributed by atoms with Crippen molar-refractivity contribution in [2.75, 3.05) is 26.2 Å². The monoisotopic (exact) mass is 345 g/mol. The number of hydrazone groups is 1. The third-order valence-corrected chi connectivity index (χ3v) is 4.44. The molecule has 2 N–H and O–H groups in total. The molecule has 0 spiro atoms. The van der Waals surface area contributed by atoms with Crippen LogP contribution in [-0.2, 0) is 6.54 Å². The summed E-state index contributed by atoms with van der Waals surface area (Å²) in [6, 6.07) is 12.4. The molecule has 0 radical (unpaired) electrons. The van der Waals surface area contributed by atoms with Gasteiger partial charge in [0.2, 0.25) is 0 Å². The Kier molecular flexibility index (Phi) is 5.23. The molecular weight excluding hydrogens is 326 g/mol. The predicted octanol–water partition coefficient (Wildman–Crippen LogP) is 2.90. The minimum atomic E-state index is 0.0242. The van der Waals surface area contributed by atoms with Gasteiger partial charge in [-0.15, -0.1) is 0 Å². The molecule has 0 unspecified atom stereocenters. The van der Waals surface area contributed by atoms with Crippen LogP contribution in [0.3, 0.4) is 0 Å². The zero-order valence-corrected chi connectivity index (χ0v) is 14.0. The Labute approximate surface area is 146 Å². The van der Waals surface area contributed by atoms with Crippen LogP contribution in [0.1, 0.15) is 11.1 Å². The molecule has 5 nitrogen and oxygen atoms in total. The number of phenols is 2. The largest absolute Gasteiger partial charge is 0.508 e. The van der Waals surface area contributed by atoms with E-state index in [0.29, 0.717) is 5.56 Å². The van der Waals surface area contributed by atoms with Gasteiger partial charge in [0.25, 0.3) is 0 Å². The lowest BCUT2D eigenvalue weighted by Crippen LogP contribution is -2.43. The summed E-state index contributed by atoms with van der Waals surface area (Å²) in [5.41, 5.74) is 1.73. The van der Waals surface area contributed by atoms with Crippen LogP contribution in [0.25, 0.3) is 0 Å². The zero-order chi connectivity index (χ0) is 16.9. The van der Waals surface area contributed by atoms with E-state index in [1.807, 2.05) is 23.2 Å². The lowest BCUT2D eigenvalue weighted by Gasteiger charge is -2.33. The highest BCUT2D eigenvalue weighted by atomic mass is 35.5. The van der Waals surface area contributed by atoms with E-state index in [2.05, 4.69) is 16.1 Å². The topological polar surface area (TPSA) is 59.3 Å². The maximum atomic E-state index is 9.76. The average molecular weight is 346 g/mol. The van der Waals surface area contributed by atoms with Crippen LogP contribution in [0.15, 0.2) is 47.6 Å². The Hall–Kier alpha value is -2.24. The van der Waals surface area contributed by atoms with Crippen LogP contribution < -0.4 is 0 Å². The molecule has 1 aliphatic heterocycles. The first kappa shape index (κ1) is 16.6. The normalized spacial score (nSPS) is 16.0. The Morgan fingerprint density at radius 2 is 1.79 bits per heavy atom. The number of hydrogen-bond donors (Lipinski definition) is 2. The number of benzene rings is 2. The van der Waals surface area contributed by atoms with E-state index in [1.54, 1.807) is 12.3 Å². The van der Waals surface area contributed by atoms with Gasteiger partial charge >= 0.3 is 0 Å². The fraction of sp³-hybridized carbons (Fsp3) is 0.278. The number of aromatic hydroxyl groups is 2. The first-order valence-corrected chi connectivity index (χ1v) is 8.26. The van der Waals surface area contributed by atoms with Crippen LogP contribution in [0.2, 0.25) is 5.02 Å². The summed E-state index contributed by atoms with van der Waals surface area (Å²) in [7, 11) is 0. The van der Waals surface area contributed by atoms with Crippen LogP contribution >= 0.6 is 11.6 Å². The highest BCUT2D eigenvalue weighted by molar-refractivity contribution is 6.31. The molecule has 0 atom stereocenters. The highest BCUT2D eigenvalue weighted by Crippen LogP contribution is 2.21. The molecule has 1 fully saturated rings. The van der Waals surface area contributed by atoms with E-state index in [9.17, 15) is 10.2 Å². The Bertz CT molecular complexity index is 728. The second-order valence-electron chi connectivity index (χ2n) is 5.81. The molecule has 0 aromatic heterocycles. The van der Waals surface area contributed by atoms with Gasteiger partial charge in [-0.3, -0.25) is 9.91 Å². The molecule has 1 heterocycles. The summed E-state index contributed by atoms with van der Waals surface area (Å²) >= 11 is 6.21. The van der Waals surface area contributed by atoms with Gasteiger partial charge in [0.15, 0.2) is 0 Å². The Morgan fingerprint density at radius 3 is 2.50 bits per heavy atom. The number of halogens is 1. The average Bonchev–Trinajstić information content (AvgIpc) is 2.57. The molecule has 24 heavy (non-hydrogen) atoms. The lowest BCUT2D eigenvalue weighted by atomic mass is 10.2. The van der Waals surface area contributed by atoms with Crippen molar-refractivity contribution < 1.29 is 10.2 Å². The molecule has 0 aliphatic carbocycles. The third-order valence-electron chi connectivity index (χ3n) is 4.07. The molecule has 1 aliphatic rings. The fourth-order valence-corrected chi connectivity index (χ4v) is 2.86. The summed E-state index contributed by atoms with van der Waals surface area (Å²) in [5, 5.41) is 26.3. The predicted molar refractivity (Wildman–Crippen MR) is 95.7 cm³/mol. The van der Waals surface area contributed by atoms with Crippen molar-refractivity contribution in [3.63, 3.8) is 0 Å². The summed E-state index contributed by atoms with van der Waals surface area (Å²) in [5.74, 6) is 0.0638. The van der Waals surface area contributed by atoms with Crippen molar-refractivity contribution >= 4 is 17.8 Å². The molecule has 2 aromatic carbocycles. The SMILES string of the molecule is Oc1ccc(/C=N/N2CCN(Cc3ccccc3Cl)CC2)c(O)c1. The van der Waals surface area contributed by atoms with E-state index in [0.717, 1.165) is 43.3 Å². The van der Waals surface area contributed by atoms with E-state index in [4.69, 9.17) is 11.6 Å². The Morgan fingerprint density at radius 1 is 1.04 bits per heavy atom.